The van der Waals surface area contributed by atoms with Gasteiger partial charge in [0.25, 0.3) is 0 Å². The van der Waals surface area contributed by atoms with Gasteiger partial charge in [-0.1, -0.05) is 0 Å². The fraction of sp³-hybridized carbons (Fsp3) is 0.250. The topological polar surface area (TPSA) is 59.4 Å². The first kappa shape index (κ1) is 12.8. The number of hydrogen-bond acceptors (Lipinski definition) is 3. The molecule has 0 aromatic carbocycles. The molecule has 0 saturated carbocycles. The third-order valence-electron chi connectivity index (χ3n) is 1.42. The van der Waals surface area contributed by atoms with Crippen LogP contribution in [0.3, 0.4) is 0 Å². The summed E-state index contributed by atoms with van der Waals surface area (Å²) < 4.78 is 40.1. The molecule has 1 aromatic heterocycles. The van der Waals surface area contributed by atoms with E-state index in [0.29, 0.717) is 4.47 Å². The highest BCUT2D eigenvalue weighted by Gasteiger charge is 2.29. The summed E-state index contributed by atoms with van der Waals surface area (Å²) in [4.78, 5) is 14.1. The van der Waals surface area contributed by atoms with E-state index in [1.807, 2.05) is 0 Å². The van der Waals surface area contributed by atoms with E-state index in [9.17, 15) is 18.0 Å². The summed E-state index contributed by atoms with van der Waals surface area (Å²) >= 11 is 2.95. The third kappa shape index (κ3) is 3.69. The van der Waals surface area contributed by atoms with E-state index >= 15 is 0 Å². The lowest BCUT2D eigenvalue weighted by atomic mass is 10.3. The van der Waals surface area contributed by atoms with Crippen molar-refractivity contribution in [3.05, 3.63) is 22.3 Å². The summed E-state index contributed by atoms with van der Waals surface area (Å²) in [5.74, 6) is -1.97. The molecule has 0 aliphatic rings. The van der Waals surface area contributed by atoms with Crippen molar-refractivity contribution in [3.63, 3.8) is 0 Å². The Balaban J connectivity index is 2.91. The highest BCUT2D eigenvalue weighted by molar-refractivity contribution is 9.10. The molecule has 1 heterocycles. The first-order valence-electron chi connectivity index (χ1n) is 3.88. The minimum atomic E-state index is -4.54. The number of carboxylic acids is 1. The molecular weight excluding hydrogens is 295 g/mol. The van der Waals surface area contributed by atoms with Crippen LogP contribution in [0.2, 0.25) is 0 Å². The molecule has 0 amide bonds. The number of ether oxygens (including phenoxy) is 1. The van der Waals surface area contributed by atoms with Crippen molar-refractivity contribution in [2.75, 3.05) is 6.61 Å². The number of hydrogen-bond donors (Lipinski definition) is 1. The predicted octanol–water partition coefficient (Wildman–Crippen LogP) is 2.48. The Hall–Kier alpha value is -1.31. The maximum absolute atomic E-state index is 11.8. The van der Waals surface area contributed by atoms with Gasteiger partial charge in [-0.15, -0.1) is 0 Å². The zero-order valence-corrected chi connectivity index (χ0v) is 9.17. The van der Waals surface area contributed by atoms with E-state index in [1.54, 1.807) is 0 Å². The molecule has 0 aliphatic heterocycles. The largest absolute Gasteiger partial charge is 0.477 e. The average molecular weight is 300 g/mol. The predicted molar refractivity (Wildman–Crippen MR) is 50.4 cm³/mol. The van der Waals surface area contributed by atoms with Gasteiger partial charge in [-0.25, -0.2) is 9.78 Å². The van der Waals surface area contributed by atoms with Gasteiger partial charge < -0.3 is 9.84 Å². The van der Waals surface area contributed by atoms with Crippen molar-refractivity contribution >= 4 is 21.9 Å². The smallest absolute Gasteiger partial charge is 0.422 e. The highest BCUT2D eigenvalue weighted by Crippen LogP contribution is 2.22. The standard InChI is InChI=1S/C8H5BrF3NO3/c9-4-1-5(7(14)15)6(13-2-4)16-3-8(10,11)12/h1-2H,3H2,(H,14,15). The van der Waals surface area contributed by atoms with E-state index in [1.165, 1.54) is 0 Å². The first-order valence-corrected chi connectivity index (χ1v) is 4.67. The molecule has 1 rings (SSSR count). The van der Waals surface area contributed by atoms with Crippen LogP contribution < -0.4 is 4.74 Å². The summed E-state index contributed by atoms with van der Waals surface area (Å²) in [6, 6.07) is 1.11. The minimum absolute atomic E-state index is 0.337. The first-order chi connectivity index (χ1) is 7.29. The molecule has 16 heavy (non-hydrogen) atoms. The molecule has 88 valence electrons. The van der Waals surface area contributed by atoms with Gasteiger partial charge in [-0.05, 0) is 22.0 Å². The second-order valence-corrected chi connectivity index (χ2v) is 3.63. The highest BCUT2D eigenvalue weighted by atomic mass is 79.9. The van der Waals surface area contributed by atoms with E-state index in [4.69, 9.17) is 5.11 Å². The van der Waals surface area contributed by atoms with Crippen molar-refractivity contribution in [1.29, 1.82) is 0 Å². The molecule has 0 unspecified atom stereocenters. The molecule has 0 fully saturated rings. The molecule has 0 atom stereocenters. The minimum Gasteiger partial charge on any atom is -0.477 e. The van der Waals surface area contributed by atoms with Crippen LogP contribution in [0.1, 0.15) is 10.4 Å². The van der Waals surface area contributed by atoms with Gasteiger partial charge in [0, 0.05) is 10.7 Å². The summed E-state index contributed by atoms with van der Waals surface area (Å²) in [5.41, 5.74) is -0.432. The number of pyridine rings is 1. The van der Waals surface area contributed by atoms with Gasteiger partial charge in [0.05, 0.1) is 0 Å². The number of nitrogens with zero attached hydrogens (tertiary/aromatic N) is 1. The fourth-order valence-electron chi connectivity index (χ4n) is 0.845. The lowest BCUT2D eigenvalue weighted by Crippen LogP contribution is -2.20. The Morgan fingerprint density at radius 1 is 1.56 bits per heavy atom. The van der Waals surface area contributed by atoms with Gasteiger partial charge in [-0.2, -0.15) is 13.2 Å². The Labute approximate surface area is 96.2 Å². The van der Waals surface area contributed by atoms with Crippen LogP contribution in [0.25, 0.3) is 0 Å². The summed E-state index contributed by atoms with van der Waals surface area (Å²) in [5, 5.41) is 8.70. The summed E-state index contributed by atoms with van der Waals surface area (Å²) in [6.07, 6.45) is -3.39. The number of carboxylic acid groups (broad SMARTS) is 1. The van der Waals surface area contributed by atoms with Crippen molar-refractivity contribution in [1.82, 2.24) is 4.98 Å². The van der Waals surface area contributed by atoms with E-state index < -0.39 is 30.2 Å². The van der Waals surface area contributed by atoms with Crippen LogP contribution in [0.4, 0.5) is 13.2 Å². The molecule has 0 spiro atoms. The molecule has 0 saturated heterocycles. The number of aromatic nitrogens is 1. The van der Waals surface area contributed by atoms with Crippen molar-refractivity contribution in [3.8, 4) is 5.88 Å². The maximum atomic E-state index is 11.8. The number of carbonyl (C=O) groups is 1. The third-order valence-corrected chi connectivity index (χ3v) is 1.85. The molecule has 0 bridgehead atoms. The zero-order valence-electron chi connectivity index (χ0n) is 7.58. The van der Waals surface area contributed by atoms with Gasteiger partial charge in [0.2, 0.25) is 5.88 Å². The molecular formula is C8H5BrF3NO3. The van der Waals surface area contributed by atoms with Gasteiger partial charge >= 0.3 is 12.1 Å². The summed E-state index contributed by atoms with van der Waals surface area (Å²) in [7, 11) is 0. The van der Waals surface area contributed by atoms with Crippen molar-refractivity contribution in [2.45, 2.75) is 6.18 Å². The van der Waals surface area contributed by atoms with Crippen LogP contribution in [-0.4, -0.2) is 28.8 Å². The average Bonchev–Trinajstić information content (AvgIpc) is 2.14. The van der Waals surface area contributed by atoms with Crippen LogP contribution >= 0.6 is 15.9 Å². The quantitative estimate of drug-likeness (QED) is 0.931. The maximum Gasteiger partial charge on any atom is 0.422 e. The molecule has 8 heteroatoms. The Bertz CT molecular complexity index is 408. The number of alkyl halides is 3. The van der Waals surface area contributed by atoms with Gasteiger partial charge in [0.15, 0.2) is 6.61 Å². The Morgan fingerprint density at radius 2 is 2.19 bits per heavy atom. The Kier molecular flexibility index (Phi) is 3.74. The fourth-order valence-corrected chi connectivity index (χ4v) is 1.18. The van der Waals surface area contributed by atoms with Crippen LogP contribution in [0, 0.1) is 0 Å². The normalized spacial score (nSPS) is 11.2. The molecule has 4 nitrogen and oxygen atoms in total. The lowest BCUT2D eigenvalue weighted by Gasteiger charge is -2.10. The van der Waals surface area contributed by atoms with Crippen LogP contribution in [0.5, 0.6) is 5.88 Å². The zero-order chi connectivity index (χ0) is 12.3. The van der Waals surface area contributed by atoms with Crippen molar-refractivity contribution < 1.29 is 27.8 Å². The summed E-state index contributed by atoms with van der Waals surface area (Å²) in [6.45, 7) is -1.58. The monoisotopic (exact) mass is 299 g/mol. The van der Waals surface area contributed by atoms with E-state index in [-0.39, 0.29) is 0 Å². The molecule has 0 aliphatic carbocycles. The second-order valence-electron chi connectivity index (χ2n) is 2.72. The van der Waals surface area contributed by atoms with Gasteiger partial charge in [-0.3, -0.25) is 0 Å². The molecule has 0 radical (unpaired) electrons. The SMILES string of the molecule is O=C(O)c1cc(Br)cnc1OCC(F)(F)F. The number of halogens is 4. The molecule has 1 N–H and O–H groups in total. The van der Waals surface area contributed by atoms with E-state index in [2.05, 4.69) is 25.7 Å². The van der Waals surface area contributed by atoms with Crippen LogP contribution in [-0.2, 0) is 0 Å². The van der Waals surface area contributed by atoms with Crippen molar-refractivity contribution in [2.24, 2.45) is 0 Å². The number of aromatic carboxylic acids is 1. The van der Waals surface area contributed by atoms with E-state index in [0.717, 1.165) is 12.3 Å². The number of rotatable bonds is 3. The lowest BCUT2D eigenvalue weighted by molar-refractivity contribution is -0.154. The van der Waals surface area contributed by atoms with Crippen LogP contribution in [0.15, 0.2) is 16.7 Å². The molecule has 1 aromatic rings. The van der Waals surface area contributed by atoms with Gasteiger partial charge in [0.1, 0.15) is 5.56 Å². The Morgan fingerprint density at radius 3 is 2.69 bits per heavy atom. The second kappa shape index (κ2) is 4.69.